The fraction of sp³-hybridized carbons (Fsp3) is 0.650. The first kappa shape index (κ1) is 27.4. The minimum Gasteiger partial charge on any atom is -0.444 e. The van der Waals surface area contributed by atoms with E-state index < -0.39 is 38.5 Å². The van der Waals surface area contributed by atoms with Crippen LogP contribution < -0.4 is 4.18 Å². The van der Waals surface area contributed by atoms with Crippen molar-refractivity contribution in [1.82, 2.24) is 4.90 Å². The fourth-order valence-corrected chi connectivity index (χ4v) is 3.69. The molecule has 1 aliphatic heterocycles. The zero-order valence-corrected chi connectivity index (χ0v) is 20.2. The van der Waals surface area contributed by atoms with E-state index in [2.05, 4.69) is 16.8 Å². The number of rotatable bonds is 3. The third-order valence-corrected chi connectivity index (χ3v) is 6.10. The monoisotopic (exact) mass is 485 g/mol. The number of hydrogen-bond acceptors (Lipinski definition) is 6. The standard InChI is InChI=1S/C19H26F3NO5S.CH4S/c1-13-12-23(16(24)27-17(2,3)4)10-9-18(13,5)14-7-6-8-15(11-14)28-29(25,26)19(20,21)22;1-2/h6-8,11,13H,9-10,12H2,1-5H3;2H,1H3/t13-,18+;/m0./s1. The van der Waals surface area contributed by atoms with Crippen LogP contribution in [0.25, 0.3) is 0 Å². The summed E-state index contributed by atoms with van der Waals surface area (Å²) in [6.07, 6.45) is 1.81. The molecule has 1 aromatic rings. The number of hydrogen-bond donors (Lipinski definition) is 1. The lowest BCUT2D eigenvalue weighted by Gasteiger charge is -2.45. The van der Waals surface area contributed by atoms with Crippen molar-refractivity contribution in [3.63, 3.8) is 0 Å². The van der Waals surface area contributed by atoms with Gasteiger partial charge in [0.1, 0.15) is 11.4 Å². The normalized spacial score (nSPS) is 22.3. The Balaban J connectivity index is 0.00000233. The summed E-state index contributed by atoms with van der Waals surface area (Å²) >= 11 is 3.53. The number of ether oxygens (including phenoxy) is 1. The third kappa shape index (κ3) is 6.93. The number of piperidine rings is 1. The Kier molecular flexibility index (Phi) is 8.75. The molecule has 178 valence electrons. The summed E-state index contributed by atoms with van der Waals surface area (Å²) in [5, 5.41) is 0. The summed E-state index contributed by atoms with van der Waals surface area (Å²) in [5.74, 6) is -0.457. The maximum atomic E-state index is 12.6. The summed E-state index contributed by atoms with van der Waals surface area (Å²) < 4.78 is 70.0. The first-order valence-corrected chi connectivity index (χ1v) is 11.9. The van der Waals surface area contributed by atoms with Gasteiger partial charge in [-0.25, -0.2) is 4.79 Å². The van der Waals surface area contributed by atoms with Gasteiger partial charge in [-0.2, -0.15) is 34.2 Å². The van der Waals surface area contributed by atoms with Crippen LogP contribution >= 0.6 is 12.6 Å². The minimum absolute atomic E-state index is 0.0572. The van der Waals surface area contributed by atoms with Crippen LogP contribution in [0.2, 0.25) is 0 Å². The SMILES string of the molecule is CS.C[C@H]1CN(C(=O)OC(C)(C)C)CC[C@@]1(C)c1cccc(OS(=O)(=O)C(F)(F)F)c1. The molecule has 1 amide bonds. The molecule has 2 atom stereocenters. The van der Waals surface area contributed by atoms with Crippen LogP contribution in [0, 0.1) is 5.92 Å². The van der Waals surface area contributed by atoms with Gasteiger partial charge in [-0.15, -0.1) is 0 Å². The van der Waals surface area contributed by atoms with Gasteiger partial charge in [0.15, 0.2) is 0 Å². The van der Waals surface area contributed by atoms with Gasteiger partial charge in [-0.1, -0.05) is 26.0 Å². The Morgan fingerprint density at radius 1 is 1.23 bits per heavy atom. The van der Waals surface area contributed by atoms with Crippen LogP contribution in [0.15, 0.2) is 24.3 Å². The first-order valence-electron chi connectivity index (χ1n) is 9.59. The van der Waals surface area contributed by atoms with E-state index >= 15 is 0 Å². The Hall–Kier alpha value is -1.62. The lowest BCUT2D eigenvalue weighted by molar-refractivity contribution is -0.0500. The minimum atomic E-state index is -5.74. The number of benzene rings is 1. The highest BCUT2D eigenvalue weighted by Crippen LogP contribution is 2.41. The number of alkyl halides is 3. The van der Waals surface area contributed by atoms with Crippen LogP contribution in [-0.2, 0) is 20.3 Å². The topological polar surface area (TPSA) is 72.9 Å². The maximum Gasteiger partial charge on any atom is 0.534 e. The molecule has 2 rings (SSSR count). The molecule has 1 saturated heterocycles. The van der Waals surface area contributed by atoms with Gasteiger partial charge in [-0.3, -0.25) is 0 Å². The highest BCUT2D eigenvalue weighted by atomic mass is 32.2. The van der Waals surface area contributed by atoms with Crippen molar-refractivity contribution < 1.29 is 35.3 Å². The lowest BCUT2D eigenvalue weighted by Crippen LogP contribution is -2.50. The van der Waals surface area contributed by atoms with E-state index in [-0.39, 0.29) is 5.92 Å². The highest BCUT2D eigenvalue weighted by Gasteiger charge is 2.49. The zero-order valence-electron chi connectivity index (χ0n) is 18.5. The predicted octanol–water partition coefficient (Wildman–Crippen LogP) is 5.00. The number of nitrogens with zero attached hydrogens (tertiary/aromatic N) is 1. The fourth-order valence-electron chi connectivity index (χ4n) is 3.24. The van der Waals surface area contributed by atoms with Gasteiger partial charge in [0.25, 0.3) is 0 Å². The van der Waals surface area contributed by atoms with Crippen molar-refractivity contribution in [2.24, 2.45) is 5.92 Å². The molecule has 1 aliphatic rings. The summed E-state index contributed by atoms with van der Waals surface area (Å²) in [6.45, 7) is 10.0. The lowest BCUT2D eigenvalue weighted by atomic mass is 9.68. The number of thiol groups is 1. The second-order valence-corrected chi connectivity index (χ2v) is 10.0. The summed E-state index contributed by atoms with van der Waals surface area (Å²) in [5.41, 5.74) is -5.96. The highest BCUT2D eigenvalue weighted by molar-refractivity contribution is 7.88. The zero-order chi connectivity index (χ0) is 24.3. The summed E-state index contributed by atoms with van der Waals surface area (Å²) in [6, 6.07) is 5.64. The van der Waals surface area contributed by atoms with Crippen molar-refractivity contribution in [2.75, 3.05) is 19.3 Å². The van der Waals surface area contributed by atoms with E-state index in [0.29, 0.717) is 25.1 Å². The van der Waals surface area contributed by atoms with Crippen molar-refractivity contribution in [2.45, 2.75) is 57.6 Å². The molecular formula is C20H30F3NO5S2. The van der Waals surface area contributed by atoms with Crippen LogP contribution in [0.1, 0.15) is 46.6 Å². The van der Waals surface area contributed by atoms with Crippen molar-refractivity contribution >= 4 is 28.8 Å². The van der Waals surface area contributed by atoms with Gasteiger partial charge >= 0.3 is 21.7 Å². The number of halogens is 3. The van der Waals surface area contributed by atoms with E-state index in [0.717, 1.165) is 6.07 Å². The van der Waals surface area contributed by atoms with E-state index in [1.165, 1.54) is 12.1 Å². The molecule has 31 heavy (non-hydrogen) atoms. The average molecular weight is 486 g/mol. The van der Waals surface area contributed by atoms with Crippen molar-refractivity contribution in [3.8, 4) is 5.75 Å². The predicted molar refractivity (Wildman–Crippen MR) is 116 cm³/mol. The molecule has 0 spiro atoms. The second kappa shape index (κ2) is 9.89. The second-order valence-electron chi connectivity index (χ2n) is 8.51. The van der Waals surface area contributed by atoms with Gasteiger partial charge in [0, 0.05) is 13.1 Å². The molecule has 6 nitrogen and oxygen atoms in total. The van der Waals surface area contributed by atoms with Crippen molar-refractivity contribution in [1.29, 1.82) is 0 Å². The summed E-state index contributed by atoms with van der Waals surface area (Å²) in [4.78, 5) is 13.9. The van der Waals surface area contributed by atoms with Crippen LogP contribution in [0.5, 0.6) is 5.75 Å². The van der Waals surface area contributed by atoms with E-state index in [9.17, 15) is 26.4 Å². The number of carbonyl (C=O) groups excluding carboxylic acids is 1. The molecule has 0 saturated carbocycles. The molecule has 0 N–H and O–H groups in total. The average Bonchev–Trinajstić information content (AvgIpc) is 2.63. The van der Waals surface area contributed by atoms with Crippen LogP contribution in [0.3, 0.4) is 0 Å². The van der Waals surface area contributed by atoms with E-state index in [1.807, 2.05) is 13.8 Å². The van der Waals surface area contributed by atoms with Crippen LogP contribution in [-0.4, -0.2) is 49.9 Å². The Morgan fingerprint density at radius 3 is 2.29 bits per heavy atom. The molecule has 0 radical (unpaired) electrons. The molecular weight excluding hydrogens is 455 g/mol. The Morgan fingerprint density at radius 2 is 1.81 bits per heavy atom. The largest absolute Gasteiger partial charge is 0.534 e. The molecule has 1 aromatic carbocycles. The van der Waals surface area contributed by atoms with Gasteiger partial charge in [0.2, 0.25) is 0 Å². The molecule has 11 heteroatoms. The molecule has 0 aliphatic carbocycles. The summed E-state index contributed by atoms with van der Waals surface area (Å²) in [7, 11) is -5.74. The Bertz CT molecular complexity index is 868. The number of carbonyl (C=O) groups is 1. The number of amides is 1. The third-order valence-electron chi connectivity index (χ3n) is 5.12. The molecule has 0 bridgehead atoms. The van der Waals surface area contributed by atoms with Gasteiger partial charge < -0.3 is 13.8 Å². The van der Waals surface area contributed by atoms with Gasteiger partial charge in [-0.05, 0) is 62.5 Å². The first-order chi connectivity index (χ1) is 14.1. The van der Waals surface area contributed by atoms with Crippen LogP contribution in [0.4, 0.5) is 18.0 Å². The maximum absolute atomic E-state index is 12.6. The smallest absolute Gasteiger partial charge is 0.444 e. The quantitative estimate of drug-likeness (QED) is 0.371. The molecule has 0 aromatic heterocycles. The Labute approximate surface area is 187 Å². The van der Waals surface area contributed by atoms with E-state index in [4.69, 9.17) is 4.74 Å². The number of likely N-dealkylation sites (tertiary alicyclic amines) is 1. The van der Waals surface area contributed by atoms with E-state index in [1.54, 1.807) is 38.0 Å². The van der Waals surface area contributed by atoms with Crippen molar-refractivity contribution in [3.05, 3.63) is 29.8 Å². The molecule has 0 unspecified atom stereocenters. The molecule has 1 fully saturated rings. The molecule has 1 heterocycles. The van der Waals surface area contributed by atoms with Gasteiger partial charge in [0.05, 0.1) is 0 Å².